The van der Waals surface area contributed by atoms with Crippen molar-refractivity contribution in [2.45, 2.75) is 27.7 Å². The maximum absolute atomic E-state index is 5.42. The molecule has 0 amide bonds. The Labute approximate surface area is 247 Å². The van der Waals surface area contributed by atoms with Gasteiger partial charge in [0, 0.05) is 16.5 Å². The first-order chi connectivity index (χ1) is 20.5. The molecular weight excluding hydrogens is 508 g/mol. The Kier molecular flexibility index (Phi) is 6.40. The summed E-state index contributed by atoms with van der Waals surface area (Å²) in [6, 6.07) is 43.1. The predicted octanol–water partition coefficient (Wildman–Crippen LogP) is 10.7. The lowest BCUT2D eigenvalue weighted by molar-refractivity contribution is 1.32. The topological polar surface area (TPSA) is 24.7 Å². The highest BCUT2D eigenvalue weighted by Crippen LogP contribution is 2.38. The van der Waals surface area contributed by atoms with E-state index in [-0.39, 0.29) is 0 Å². The molecule has 2 heteroatoms. The average Bonchev–Trinajstić information content (AvgIpc) is 3.31. The van der Waals surface area contributed by atoms with E-state index in [4.69, 9.17) is 9.98 Å². The van der Waals surface area contributed by atoms with E-state index in [0.717, 1.165) is 56.2 Å². The van der Waals surface area contributed by atoms with Crippen LogP contribution < -0.4 is 0 Å². The first kappa shape index (κ1) is 25.9. The summed E-state index contributed by atoms with van der Waals surface area (Å²) in [5.74, 6) is 0. The highest BCUT2D eigenvalue weighted by Gasteiger charge is 2.28. The van der Waals surface area contributed by atoms with Crippen LogP contribution in [0.15, 0.2) is 131 Å². The highest BCUT2D eigenvalue weighted by atomic mass is 14.8. The van der Waals surface area contributed by atoms with Gasteiger partial charge in [0.15, 0.2) is 0 Å². The zero-order chi connectivity index (χ0) is 28.8. The fourth-order valence-corrected chi connectivity index (χ4v) is 6.30. The molecule has 0 atom stereocenters. The first-order valence-corrected chi connectivity index (χ1v) is 14.5. The summed E-state index contributed by atoms with van der Waals surface area (Å²) >= 11 is 0. The quantitative estimate of drug-likeness (QED) is 0.212. The Hall–Kier alpha value is -5.08. The van der Waals surface area contributed by atoms with Crippen LogP contribution in [0, 0.1) is 27.7 Å². The van der Waals surface area contributed by atoms with E-state index in [9.17, 15) is 0 Å². The van der Waals surface area contributed by atoms with Gasteiger partial charge in [-0.15, -0.1) is 0 Å². The van der Waals surface area contributed by atoms with Crippen LogP contribution in [0.4, 0.5) is 11.4 Å². The van der Waals surface area contributed by atoms with Crippen molar-refractivity contribution in [1.82, 2.24) is 0 Å². The summed E-state index contributed by atoms with van der Waals surface area (Å²) in [6.07, 6.45) is 0. The fourth-order valence-electron chi connectivity index (χ4n) is 6.30. The van der Waals surface area contributed by atoms with Gasteiger partial charge >= 0.3 is 0 Å². The second-order valence-corrected chi connectivity index (χ2v) is 11.3. The van der Waals surface area contributed by atoms with Gasteiger partial charge in [0.1, 0.15) is 0 Å². The summed E-state index contributed by atoms with van der Waals surface area (Å²) in [5.41, 5.74) is 15.7. The molecule has 0 unspecified atom stereocenters. The van der Waals surface area contributed by atoms with Crippen molar-refractivity contribution in [3.05, 3.63) is 155 Å². The van der Waals surface area contributed by atoms with Gasteiger partial charge in [-0.25, -0.2) is 9.98 Å². The Balaban J connectivity index is 1.42. The summed E-state index contributed by atoms with van der Waals surface area (Å²) < 4.78 is 0. The van der Waals surface area contributed by atoms with Crippen LogP contribution in [0.25, 0.3) is 33.0 Å². The third kappa shape index (κ3) is 4.46. The monoisotopic (exact) mass is 540 g/mol. The molecule has 0 fully saturated rings. The van der Waals surface area contributed by atoms with E-state index < -0.39 is 0 Å². The molecular formula is C40H32N2. The molecule has 0 spiro atoms. The van der Waals surface area contributed by atoms with Crippen molar-refractivity contribution in [3.8, 4) is 22.3 Å². The second kappa shape index (κ2) is 10.4. The number of benzene rings is 6. The van der Waals surface area contributed by atoms with Gasteiger partial charge in [-0.2, -0.15) is 0 Å². The molecule has 7 rings (SSSR count). The molecule has 1 aliphatic rings. The van der Waals surface area contributed by atoms with E-state index in [2.05, 4.69) is 149 Å². The third-order valence-corrected chi connectivity index (χ3v) is 8.28. The second-order valence-electron chi connectivity index (χ2n) is 11.3. The summed E-state index contributed by atoms with van der Waals surface area (Å²) in [5, 5.41) is 2.44. The van der Waals surface area contributed by atoms with Gasteiger partial charge in [-0.05, 0) is 102 Å². The van der Waals surface area contributed by atoms with Crippen molar-refractivity contribution >= 4 is 33.6 Å². The molecule has 0 aromatic heterocycles. The number of hydrogen-bond acceptors (Lipinski definition) is 2. The minimum Gasteiger partial charge on any atom is -0.246 e. The molecule has 6 aromatic rings. The lowest BCUT2D eigenvalue weighted by atomic mass is 9.98. The van der Waals surface area contributed by atoms with Crippen LogP contribution in [0.5, 0.6) is 0 Å². The van der Waals surface area contributed by atoms with Gasteiger partial charge in [0.25, 0.3) is 0 Å². The largest absolute Gasteiger partial charge is 0.246 e. The lowest BCUT2D eigenvalue weighted by Crippen LogP contribution is -2.11. The number of hydrogen-bond donors (Lipinski definition) is 0. The normalized spacial score (nSPS) is 14.3. The Morgan fingerprint density at radius 2 is 0.762 bits per heavy atom. The van der Waals surface area contributed by atoms with Crippen molar-refractivity contribution in [1.29, 1.82) is 0 Å². The third-order valence-electron chi connectivity index (χ3n) is 8.28. The van der Waals surface area contributed by atoms with Crippen molar-refractivity contribution < 1.29 is 0 Å². The summed E-state index contributed by atoms with van der Waals surface area (Å²) in [6.45, 7) is 8.65. The number of aliphatic imine (C=N–C) groups is 2. The molecule has 0 saturated heterocycles. The minimum absolute atomic E-state index is 0.936. The van der Waals surface area contributed by atoms with Gasteiger partial charge < -0.3 is 0 Å². The average molecular weight is 541 g/mol. The molecule has 2 nitrogen and oxygen atoms in total. The van der Waals surface area contributed by atoms with Crippen LogP contribution in [-0.2, 0) is 0 Å². The smallest absolute Gasteiger partial charge is 0.0979 e. The molecule has 0 bridgehead atoms. The Morgan fingerprint density at radius 3 is 1.14 bits per heavy atom. The van der Waals surface area contributed by atoms with Crippen molar-refractivity contribution in [3.63, 3.8) is 0 Å². The van der Waals surface area contributed by atoms with Crippen molar-refractivity contribution in [2.75, 3.05) is 0 Å². The maximum atomic E-state index is 5.42. The number of rotatable bonds is 4. The number of nitrogens with zero attached hydrogens (tertiary/aromatic N) is 2. The van der Waals surface area contributed by atoms with Crippen LogP contribution in [0.2, 0.25) is 0 Å². The van der Waals surface area contributed by atoms with Crippen LogP contribution in [0.1, 0.15) is 33.4 Å². The van der Waals surface area contributed by atoms with E-state index in [1.54, 1.807) is 0 Å². The van der Waals surface area contributed by atoms with Gasteiger partial charge in [0.2, 0.25) is 0 Å². The molecule has 202 valence electrons. The zero-order valence-corrected chi connectivity index (χ0v) is 24.4. The van der Waals surface area contributed by atoms with Gasteiger partial charge in [0.05, 0.1) is 22.8 Å². The Morgan fingerprint density at radius 1 is 0.381 bits per heavy atom. The molecule has 0 aliphatic heterocycles. The van der Waals surface area contributed by atoms with E-state index >= 15 is 0 Å². The maximum Gasteiger partial charge on any atom is 0.0979 e. The summed E-state index contributed by atoms with van der Waals surface area (Å²) in [4.78, 5) is 10.8. The minimum atomic E-state index is 0.936. The molecule has 0 heterocycles. The molecule has 42 heavy (non-hydrogen) atoms. The number of aryl methyl sites for hydroxylation is 4. The van der Waals surface area contributed by atoms with E-state index in [0.29, 0.717) is 0 Å². The van der Waals surface area contributed by atoms with Crippen LogP contribution in [0.3, 0.4) is 0 Å². The molecule has 1 aliphatic carbocycles. The van der Waals surface area contributed by atoms with Crippen LogP contribution in [-0.4, -0.2) is 11.4 Å². The van der Waals surface area contributed by atoms with Crippen LogP contribution >= 0.6 is 0 Å². The van der Waals surface area contributed by atoms with Gasteiger partial charge in [-0.1, -0.05) is 97.1 Å². The van der Waals surface area contributed by atoms with E-state index in [1.165, 1.54) is 33.0 Å². The molecule has 0 radical (unpaired) electrons. The predicted molar refractivity (Wildman–Crippen MR) is 179 cm³/mol. The summed E-state index contributed by atoms with van der Waals surface area (Å²) in [7, 11) is 0. The standard InChI is InChI=1S/C40H32N2/c1-25-21-32(29-13-7-5-8-14-29)22-26(2)37(25)41-39-34-19-11-17-31-18-12-20-35(36(31)34)40(39)42-38-27(3)23-33(24-28(38)4)30-15-9-6-10-16-30/h5-24H,1-4H3. The zero-order valence-electron chi connectivity index (χ0n) is 24.4. The molecule has 0 saturated carbocycles. The lowest BCUT2D eigenvalue weighted by Gasteiger charge is -2.13. The van der Waals surface area contributed by atoms with Gasteiger partial charge in [-0.3, -0.25) is 0 Å². The fraction of sp³-hybridized carbons (Fsp3) is 0.100. The molecule has 0 N–H and O–H groups in total. The van der Waals surface area contributed by atoms with E-state index in [1.807, 2.05) is 0 Å². The Bertz CT molecular complexity index is 1860. The highest BCUT2D eigenvalue weighted by molar-refractivity contribution is 6.61. The molecule has 6 aromatic carbocycles. The van der Waals surface area contributed by atoms with Crippen molar-refractivity contribution in [2.24, 2.45) is 9.98 Å². The SMILES string of the molecule is Cc1cc(-c2ccccc2)cc(C)c1N=C1C(=Nc2c(C)cc(-c3ccccc3)cc2C)c2cccc3cccc1c23. The first-order valence-electron chi connectivity index (χ1n) is 14.5.